The molecule has 1 heterocycles. The second kappa shape index (κ2) is 11.2. The lowest BCUT2D eigenvalue weighted by atomic mass is 9.80. The zero-order chi connectivity index (χ0) is 29.6. The summed E-state index contributed by atoms with van der Waals surface area (Å²) < 4.78 is 70.0. The number of benzene rings is 2. The van der Waals surface area contributed by atoms with Crippen LogP contribution in [0.4, 0.5) is 18.9 Å². The molecule has 0 radical (unpaired) electrons. The molecule has 12 heteroatoms. The number of hydrogen-bond acceptors (Lipinski definition) is 5. The van der Waals surface area contributed by atoms with E-state index in [0.29, 0.717) is 24.4 Å². The van der Waals surface area contributed by atoms with Gasteiger partial charge < -0.3 is 15.0 Å². The average molecular weight is 598 g/mol. The summed E-state index contributed by atoms with van der Waals surface area (Å²) in [7, 11) is -2.32. The molecule has 216 valence electrons. The highest BCUT2D eigenvalue weighted by atomic mass is 35.5. The van der Waals surface area contributed by atoms with Crippen LogP contribution in [0.25, 0.3) is 0 Å². The molecule has 2 unspecified atom stereocenters. The van der Waals surface area contributed by atoms with Crippen molar-refractivity contribution in [3.05, 3.63) is 76.6 Å². The van der Waals surface area contributed by atoms with Gasteiger partial charge in [-0.3, -0.25) is 4.79 Å². The van der Waals surface area contributed by atoms with Crippen molar-refractivity contribution in [2.45, 2.75) is 55.8 Å². The predicted octanol–water partition coefficient (Wildman–Crippen LogP) is 5.87. The minimum absolute atomic E-state index is 0.0959. The van der Waals surface area contributed by atoms with E-state index in [-0.39, 0.29) is 45.8 Å². The minimum atomic E-state index is -4.10. The summed E-state index contributed by atoms with van der Waals surface area (Å²) in [6.07, 6.45) is 4.28. The number of aliphatic hydroxyl groups is 1. The molecule has 1 aliphatic rings. The highest BCUT2D eigenvalue weighted by Gasteiger charge is 2.54. The third-order valence-electron chi connectivity index (χ3n) is 8.19. The normalized spacial score (nSPS) is 23.8. The van der Waals surface area contributed by atoms with Crippen LogP contribution in [0.2, 0.25) is 5.02 Å². The number of imidazole rings is 1. The first-order valence-electron chi connectivity index (χ1n) is 12.9. The van der Waals surface area contributed by atoms with E-state index in [1.165, 1.54) is 12.1 Å². The standard InChI is InChI=1S/C28H31ClF3N3O4S/c1-5-20(12-18-10-15(2)16(3)28(18,37)27-33-8-9-35(27)4)40(38,39)24-11-17(6-7-21(24)29)26(36)34-19-13-22(30)25(32)23(31)14-19/h6-9,11,13-16,18,20,37H,5,10,12H2,1-4H3,(H,34,36)/t15?,16-,18?,20+,28+/m1/s1. The van der Waals surface area contributed by atoms with Gasteiger partial charge in [0.1, 0.15) is 11.4 Å². The van der Waals surface area contributed by atoms with Crippen LogP contribution < -0.4 is 5.32 Å². The zero-order valence-electron chi connectivity index (χ0n) is 22.5. The van der Waals surface area contributed by atoms with Gasteiger partial charge in [-0.25, -0.2) is 26.6 Å². The van der Waals surface area contributed by atoms with E-state index < -0.39 is 50.0 Å². The quantitative estimate of drug-likeness (QED) is 0.317. The summed E-state index contributed by atoms with van der Waals surface area (Å²) in [5, 5.41) is 13.2. The molecule has 0 spiro atoms. The van der Waals surface area contributed by atoms with Crippen molar-refractivity contribution in [1.29, 1.82) is 0 Å². The smallest absolute Gasteiger partial charge is 0.255 e. The Morgan fingerprint density at radius 3 is 2.45 bits per heavy atom. The van der Waals surface area contributed by atoms with Crippen molar-refractivity contribution in [2.24, 2.45) is 24.8 Å². The molecule has 7 nitrogen and oxygen atoms in total. The van der Waals surface area contributed by atoms with Crippen molar-refractivity contribution in [3.8, 4) is 0 Å². The molecule has 40 heavy (non-hydrogen) atoms. The van der Waals surface area contributed by atoms with Crippen LogP contribution in [-0.2, 0) is 22.5 Å². The van der Waals surface area contributed by atoms with Crippen LogP contribution in [0.5, 0.6) is 0 Å². The number of halogens is 4. The van der Waals surface area contributed by atoms with E-state index in [1.54, 1.807) is 30.9 Å². The summed E-state index contributed by atoms with van der Waals surface area (Å²) in [6.45, 7) is 5.68. The fraction of sp³-hybridized carbons (Fsp3) is 0.429. The maximum absolute atomic E-state index is 13.9. The summed E-state index contributed by atoms with van der Waals surface area (Å²) in [5.41, 5.74) is -1.81. The van der Waals surface area contributed by atoms with Crippen molar-refractivity contribution in [2.75, 3.05) is 5.32 Å². The number of amides is 1. The maximum atomic E-state index is 13.9. The van der Waals surface area contributed by atoms with Crippen molar-refractivity contribution in [1.82, 2.24) is 9.55 Å². The molecule has 1 fully saturated rings. The van der Waals surface area contributed by atoms with E-state index in [4.69, 9.17) is 11.6 Å². The van der Waals surface area contributed by atoms with Crippen LogP contribution in [0.3, 0.4) is 0 Å². The maximum Gasteiger partial charge on any atom is 0.255 e. The largest absolute Gasteiger partial charge is 0.381 e. The minimum Gasteiger partial charge on any atom is -0.381 e. The van der Waals surface area contributed by atoms with E-state index in [0.717, 1.165) is 6.07 Å². The predicted molar refractivity (Wildman–Crippen MR) is 145 cm³/mol. The molecule has 0 saturated heterocycles. The van der Waals surface area contributed by atoms with Gasteiger partial charge in [0.15, 0.2) is 27.3 Å². The highest BCUT2D eigenvalue weighted by molar-refractivity contribution is 7.92. The average Bonchev–Trinajstić information content (AvgIpc) is 3.42. The number of nitrogens with zero attached hydrogens (tertiary/aromatic N) is 2. The molecule has 2 N–H and O–H groups in total. The number of hydrogen-bond donors (Lipinski definition) is 2. The van der Waals surface area contributed by atoms with Crippen molar-refractivity contribution < 1.29 is 31.5 Å². The first kappa shape index (κ1) is 30.1. The zero-order valence-corrected chi connectivity index (χ0v) is 24.0. The molecular formula is C28H31ClF3N3O4S. The summed E-state index contributed by atoms with van der Waals surface area (Å²) >= 11 is 6.31. The highest BCUT2D eigenvalue weighted by Crippen LogP contribution is 2.52. The Morgan fingerprint density at radius 1 is 1.23 bits per heavy atom. The van der Waals surface area contributed by atoms with Gasteiger partial charge in [0, 0.05) is 42.8 Å². The molecule has 4 rings (SSSR count). The first-order valence-corrected chi connectivity index (χ1v) is 14.8. The van der Waals surface area contributed by atoms with Gasteiger partial charge in [0.05, 0.1) is 15.2 Å². The number of nitrogens with one attached hydrogen (secondary N) is 1. The molecule has 0 aliphatic heterocycles. The van der Waals surface area contributed by atoms with E-state index in [1.807, 2.05) is 13.8 Å². The lowest BCUT2D eigenvalue weighted by Crippen LogP contribution is -2.41. The Morgan fingerprint density at radius 2 is 1.88 bits per heavy atom. The summed E-state index contributed by atoms with van der Waals surface area (Å²) in [5.74, 6) is -5.50. The topological polar surface area (TPSA) is 101 Å². The Bertz CT molecular complexity index is 1520. The van der Waals surface area contributed by atoms with E-state index in [9.17, 15) is 31.5 Å². The molecule has 3 aromatic rings. The summed E-state index contributed by atoms with van der Waals surface area (Å²) in [4.78, 5) is 16.9. The third-order valence-corrected chi connectivity index (χ3v) is 11.0. The SMILES string of the molecule is CC[C@@H](CC1CC(C)[C@@H](C)[C@@]1(O)c1nccn1C)S(=O)(=O)c1cc(C(=O)Nc2cc(F)c(F)c(F)c2)ccc1Cl. The Balaban J connectivity index is 1.64. The van der Waals surface area contributed by atoms with Gasteiger partial charge >= 0.3 is 0 Å². The van der Waals surface area contributed by atoms with Gasteiger partial charge in [-0.1, -0.05) is 32.4 Å². The van der Waals surface area contributed by atoms with Gasteiger partial charge in [-0.2, -0.15) is 0 Å². The van der Waals surface area contributed by atoms with Crippen LogP contribution in [0.15, 0.2) is 47.6 Å². The summed E-state index contributed by atoms with van der Waals surface area (Å²) in [6, 6.07) is 4.86. The lowest BCUT2D eigenvalue weighted by molar-refractivity contribution is -0.0541. The second-order valence-corrected chi connectivity index (χ2v) is 13.2. The number of carbonyl (C=O) groups is 1. The lowest BCUT2D eigenvalue weighted by Gasteiger charge is -2.35. The fourth-order valence-corrected chi connectivity index (χ4v) is 8.11. The van der Waals surface area contributed by atoms with Gasteiger partial charge in [-0.05, 0) is 55.2 Å². The van der Waals surface area contributed by atoms with Gasteiger partial charge in [-0.15, -0.1) is 0 Å². The third kappa shape index (κ3) is 5.26. The molecule has 1 aromatic heterocycles. The Hall–Kier alpha value is -2.89. The molecule has 0 bridgehead atoms. The Labute approximate surface area is 236 Å². The second-order valence-electron chi connectivity index (χ2n) is 10.5. The molecule has 5 atom stereocenters. The molecular weight excluding hydrogens is 567 g/mol. The molecule has 1 aliphatic carbocycles. The Kier molecular flexibility index (Phi) is 8.40. The first-order chi connectivity index (χ1) is 18.7. The van der Waals surface area contributed by atoms with Crippen LogP contribution >= 0.6 is 11.6 Å². The monoisotopic (exact) mass is 597 g/mol. The molecule has 1 saturated carbocycles. The molecule has 1 amide bonds. The van der Waals surface area contributed by atoms with Crippen molar-refractivity contribution >= 4 is 33.0 Å². The number of sulfone groups is 1. The van der Waals surface area contributed by atoms with Gasteiger partial charge in [0.25, 0.3) is 5.91 Å². The van der Waals surface area contributed by atoms with Crippen molar-refractivity contribution in [3.63, 3.8) is 0 Å². The molecule has 2 aromatic carbocycles. The van der Waals surface area contributed by atoms with E-state index >= 15 is 0 Å². The number of aryl methyl sites for hydroxylation is 1. The fourth-order valence-electron chi connectivity index (χ4n) is 5.75. The van der Waals surface area contributed by atoms with Crippen LogP contribution in [0, 0.1) is 35.2 Å². The van der Waals surface area contributed by atoms with Crippen LogP contribution in [-0.4, -0.2) is 34.2 Å². The van der Waals surface area contributed by atoms with Gasteiger partial charge in [0.2, 0.25) is 0 Å². The number of rotatable bonds is 8. The number of anilines is 1. The van der Waals surface area contributed by atoms with Crippen LogP contribution in [0.1, 0.15) is 56.2 Å². The van der Waals surface area contributed by atoms with E-state index in [2.05, 4.69) is 10.3 Å². The number of aromatic nitrogens is 2. The number of carbonyl (C=O) groups excluding carboxylic acids is 1.